The van der Waals surface area contributed by atoms with E-state index in [0.29, 0.717) is 23.1 Å². The first-order valence-corrected chi connectivity index (χ1v) is 11.8. The molecule has 0 radical (unpaired) electrons. The number of carboxylic acids is 1. The van der Waals surface area contributed by atoms with Crippen LogP contribution in [-0.2, 0) is 16.8 Å². The number of aromatic nitrogens is 4. The van der Waals surface area contributed by atoms with E-state index in [-0.39, 0.29) is 35.1 Å². The van der Waals surface area contributed by atoms with E-state index < -0.39 is 23.2 Å². The van der Waals surface area contributed by atoms with Gasteiger partial charge in [-0.2, -0.15) is 0 Å². The van der Waals surface area contributed by atoms with Gasteiger partial charge in [0.15, 0.2) is 23.2 Å². The van der Waals surface area contributed by atoms with Gasteiger partial charge in [0.1, 0.15) is 17.2 Å². The van der Waals surface area contributed by atoms with Crippen LogP contribution in [0.4, 0.5) is 8.78 Å². The summed E-state index contributed by atoms with van der Waals surface area (Å²) in [6.45, 7) is 3.24. The number of halogens is 2. The van der Waals surface area contributed by atoms with Gasteiger partial charge >= 0.3 is 5.97 Å². The van der Waals surface area contributed by atoms with Gasteiger partial charge in [-0.15, -0.1) is 10.2 Å². The molecule has 0 bridgehead atoms. The number of nitrogens with one attached hydrogen (secondary N) is 2. The third kappa shape index (κ3) is 4.73. The Labute approximate surface area is 215 Å². The van der Waals surface area contributed by atoms with E-state index in [4.69, 9.17) is 9.84 Å². The maximum atomic E-state index is 14.8. The average molecular weight is 519 g/mol. The van der Waals surface area contributed by atoms with Gasteiger partial charge in [-0.1, -0.05) is 24.3 Å². The van der Waals surface area contributed by atoms with E-state index in [9.17, 15) is 18.7 Å². The Hall–Kier alpha value is -4.57. The van der Waals surface area contributed by atoms with Crippen LogP contribution in [0.15, 0.2) is 60.8 Å². The number of benzene rings is 3. The standard InChI is InChI=1S/C28H24F2N4O4/c1-15-19-10-11-31-23(19)14-22(30)25(15)38-18-7-8-21(29)20(13-18)26-32-27(34-33-26)28(2,37)17-5-3-4-16(12-17)6-9-24(35)36/h3-5,7-8,10-14,31,37H,6,9H2,1-2H3,(H,35,36)(H,32,33,34). The number of aliphatic carboxylic acids is 1. The van der Waals surface area contributed by atoms with Crippen molar-refractivity contribution >= 4 is 16.9 Å². The van der Waals surface area contributed by atoms with Gasteiger partial charge in [0.25, 0.3) is 0 Å². The molecule has 0 saturated carbocycles. The third-order valence-electron chi connectivity index (χ3n) is 6.49. The highest BCUT2D eigenvalue weighted by Crippen LogP contribution is 2.36. The molecular formula is C28H24F2N4O4. The molecule has 5 rings (SSSR count). The van der Waals surface area contributed by atoms with E-state index in [1.807, 2.05) is 6.07 Å². The van der Waals surface area contributed by atoms with Crippen molar-refractivity contribution in [2.45, 2.75) is 32.3 Å². The fourth-order valence-electron chi connectivity index (χ4n) is 4.33. The fraction of sp³-hybridized carbons (Fsp3) is 0.179. The van der Waals surface area contributed by atoms with Crippen molar-refractivity contribution < 1.29 is 28.5 Å². The van der Waals surface area contributed by atoms with Crippen molar-refractivity contribution in [3.63, 3.8) is 0 Å². The maximum absolute atomic E-state index is 14.8. The van der Waals surface area contributed by atoms with Gasteiger partial charge < -0.3 is 24.9 Å². The molecule has 0 aliphatic carbocycles. The predicted molar refractivity (Wildman–Crippen MR) is 136 cm³/mol. The summed E-state index contributed by atoms with van der Waals surface area (Å²) < 4.78 is 35.4. The number of H-pyrrole nitrogens is 2. The number of ether oxygens (including phenoxy) is 1. The fourth-order valence-corrected chi connectivity index (χ4v) is 4.33. The summed E-state index contributed by atoms with van der Waals surface area (Å²) in [7, 11) is 0. The first-order chi connectivity index (χ1) is 18.1. The van der Waals surface area contributed by atoms with Crippen molar-refractivity contribution in [3.05, 3.63) is 94.9 Å². The average Bonchev–Trinajstić information content (AvgIpc) is 3.57. The SMILES string of the molecule is Cc1c(Oc2ccc(F)c(-c3nnc(C(C)(O)c4cccc(CCC(=O)O)c4)[nH]3)c2)c(F)cc2[nH]ccc12. The molecular weight excluding hydrogens is 494 g/mol. The summed E-state index contributed by atoms with van der Waals surface area (Å²) in [5.74, 6) is -1.77. The molecule has 38 heavy (non-hydrogen) atoms. The van der Waals surface area contributed by atoms with Crippen molar-refractivity contribution in [3.8, 4) is 22.9 Å². The largest absolute Gasteiger partial charge is 0.481 e. The van der Waals surface area contributed by atoms with Crippen LogP contribution < -0.4 is 4.74 Å². The quantitative estimate of drug-likeness (QED) is 0.212. The summed E-state index contributed by atoms with van der Waals surface area (Å²) in [4.78, 5) is 16.7. The predicted octanol–water partition coefficient (Wildman–Crippen LogP) is 5.60. The van der Waals surface area contributed by atoms with Crippen molar-refractivity contribution in [1.29, 1.82) is 0 Å². The van der Waals surface area contributed by atoms with E-state index >= 15 is 0 Å². The Morgan fingerprint density at radius 2 is 1.89 bits per heavy atom. The second kappa shape index (κ2) is 9.71. The van der Waals surface area contributed by atoms with Crippen molar-refractivity contribution in [2.24, 2.45) is 0 Å². The molecule has 4 N–H and O–H groups in total. The maximum Gasteiger partial charge on any atom is 0.303 e. The number of hydrogen-bond acceptors (Lipinski definition) is 5. The number of hydrogen-bond donors (Lipinski definition) is 4. The molecule has 3 aromatic carbocycles. The smallest absolute Gasteiger partial charge is 0.303 e. The summed E-state index contributed by atoms with van der Waals surface area (Å²) >= 11 is 0. The second-order valence-corrected chi connectivity index (χ2v) is 9.18. The second-order valence-electron chi connectivity index (χ2n) is 9.18. The monoisotopic (exact) mass is 518 g/mol. The van der Waals surface area contributed by atoms with Gasteiger partial charge in [-0.25, -0.2) is 8.78 Å². The molecule has 194 valence electrons. The van der Waals surface area contributed by atoms with Gasteiger partial charge in [0, 0.05) is 35.2 Å². The highest BCUT2D eigenvalue weighted by Gasteiger charge is 2.31. The zero-order valence-electron chi connectivity index (χ0n) is 20.5. The van der Waals surface area contributed by atoms with Gasteiger partial charge in [0.05, 0.1) is 5.56 Å². The molecule has 1 unspecified atom stereocenters. The van der Waals surface area contributed by atoms with E-state index in [1.54, 1.807) is 37.4 Å². The van der Waals surface area contributed by atoms with Crippen LogP contribution >= 0.6 is 0 Å². The Morgan fingerprint density at radius 1 is 1.08 bits per heavy atom. The molecule has 2 heterocycles. The number of aryl methyl sites for hydroxylation is 2. The number of fused-ring (bicyclic) bond motifs is 1. The summed E-state index contributed by atoms with van der Waals surface area (Å²) in [6.07, 6.45) is 1.97. The minimum atomic E-state index is -1.62. The van der Waals surface area contributed by atoms with Crippen LogP contribution in [0.3, 0.4) is 0 Å². The van der Waals surface area contributed by atoms with E-state index in [0.717, 1.165) is 10.9 Å². The first-order valence-electron chi connectivity index (χ1n) is 11.8. The number of carboxylic acid groups (broad SMARTS) is 1. The Kier molecular flexibility index (Phi) is 6.41. The number of aliphatic hydroxyl groups is 1. The highest BCUT2D eigenvalue weighted by atomic mass is 19.1. The Bertz CT molecular complexity index is 1660. The molecule has 1 atom stereocenters. The van der Waals surface area contributed by atoms with Crippen LogP contribution in [-0.4, -0.2) is 36.3 Å². The molecule has 0 saturated heterocycles. The first kappa shape index (κ1) is 25.1. The van der Waals surface area contributed by atoms with E-state index in [1.165, 1.54) is 31.2 Å². The molecule has 8 nitrogen and oxygen atoms in total. The molecule has 10 heteroatoms. The lowest BCUT2D eigenvalue weighted by Crippen LogP contribution is -2.24. The molecule has 0 aliphatic heterocycles. The van der Waals surface area contributed by atoms with E-state index in [2.05, 4.69) is 20.2 Å². The lowest BCUT2D eigenvalue weighted by molar-refractivity contribution is -0.136. The van der Waals surface area contributed by atoms with Crippen molar-refractivity contribution in [1.82, 2.24) is 20.2 Å². The number of carbonyl (C=O) groups is 1. The van der Waals surface area contributed by atoms with Gasteiger partial charge in [-0.05, 0) is 55.7 Å². The molecule has 2 aromatic heterocycles. The van der Waals surface area contributed by atoms with Gasteiger partial charge in [0.2, 0.25) is 0 Å². The topological polar surface area (TPSA) is 124 Å². The zero-order chi connectivity index (χ0) is 27.0. The Balaban J connectivity index is 1.44. The van der Waals surface area contributed by atoms with Crippen LogP contribution in [0, 0.1) is 18.6 Å². The summed E-state index contributed by atoms with van der Waals surface area (Å²) in [6, 6.07) is 14.0. The van der Waals surface area contributed by atoms with Crippen LogP contribution in [0.1, 0.15) is 35.9 Å². The van der Waals surface area contributed by atoms with Gasteiger partial charge in [-0.3, -0.25) is 4.79 Å². The molecule has 0 spiro atoms. The zero-order valence-corrected chi connectivity index (χ0v) is 20.5. The highest BCUT2D eigenvalue weighted by molar-refractivity contribution is 5.85. The number of nitrogens with zero attached hydrogens (tertiary/aromatic N) is 2. The van der Waals surface area contributed by atoms with Crippen LogP contribution in [0.2, 0.25) is 0 Å². The van der Waals surface area contributed by atoms with Crippen LogP contribution in [0.25, 0.3) is 22.3 Å². The molecule has 5 aromatic rings. The lowest BCUT2D eigenvalue weighted by atomic mass is 9.93. The normalized spacial score (nSPS) is 13.0. The summed E-state index contributed by atoms with van der Waals surface area (Å²) in [5, 5.41) is 29.1. The molecule has 0 amide bonds. The van der Waals surface area contributed by atoms with Crippen molar-refractivity contribution in [2.75, 3.05) is 0 Å². The molecule has 0 aliphatic rings. The minimum absolute atomic E-state index is 0.0213. The van der Waals surface area contributed by atoms with Crippen LogP contribution in [0.5, 0.6) is 11.5 Å². The minimum Gasteiger partial charge on any atom is -0.481 e. The number of rotatable bonds is 8. The number of aromatic amines is 2. The third-order valence-corrected chi connectivity index (χ3v) is 6.49. The molecule has 0 fully saturated rings. The Morgan fingerprint density at radius 3 is 2.68 bits per heavy atom. The lowest BCUT2D eigenvalue weighted by Gasteiger charge is -2.21. The summed E-state index contributed by atoms with van der Waals surface area (Å²) in [5.41, 5.74) is 0.832.